The van der Waals surface area contributed by atoms with Crippen LogP contribution in [0.3, 0.4) is 0 Å². The highest BCUT2D eigenvalue weighted by molar-refractivity contribution is 5.92. The van der Waals surface area contributed by atoms with E-state index in [1.807, 2.05) is 0 Å². The molecule has 3 N–H and O–H groups in total. The molecule has 24 heavy (non-hydrogen) atoms. The maximum Gasteiger partial charge on any atom is 0.343 e. The third-order valence-corrected chi connectivity index (χ3v) is 3.40. The van der Waals surface area contributed by atoms with Crippen LogP contribution in [0.1, 0.15) is 15.9 Å². The van der Waals surface area contributed by atoms with Gasteiger partial charge in [0.25, 0.3) is 0 Å². The molecule has 0 heterocycles. The molecule has 0 bridgehead atoms. The van der Waals surface area contributed by atoms with Gasteiger partial charge >= 0.3 is 5.97 Å². The van der Waals surface area contributed by atoms with Crippen molar-refractivity contribution < 1.29 is 28.8 Å². The fraction of sp³-hybridized carbons (Fsp3) is 0.235. The molecule has 2 aromatic carbocycles. The first-order chi connectivity index (χ1) is 11.5. The molecule has 0 atom stereocenters. The van der Waals surface area contributed by atoms with E-state index in [1.165, 1.54) is 45.6 Å². The van der Waals surface area contributed by atoms with E-state index in [0.29, 0.717) is 28.5 Å². The second-order valence-electron chi connectivity index (χ2n) is 4.82. The quantitative estimate of drug-likeness (QED) is 0.474. The highest BCUT2D eigenvalue weighted by atomic mass is 16.5. The third kappa shape index (κ3) is 3.52. The summed E-state index contributed by atoms with van der Waals surface area (Å²) in [5.41, 5.74) is 6.89. The van der Waals surface area contributed by atoms with Crippen LogP contribution in [0.15, 0.2) is 30.3 Å². The Morgan fingerprint density at radius 1 is 1.04 bits per heavy atom. The Balaban J connectivity index is 2.30. The van der Waals surface area contributed by atoms with E-state index in [-0.39, 0.29) is 17.9 Å². The Hall–Kier alpha value is -2.93. The summed E-state index contributed by atoms with van der Waals surface area (Å²) in [4.78, 5) is 12.3. The van der Waals surface area contributed by atoms with E-state index >= 15 is 0 Å². The molecule has 0 aliphatic rings. The van der Waals surface area contributed by atoms with Crippen molar-refractivity contribution in [3.05, 3.63) is 41.5 Å². The molecular formula is C17H19NO6. The molecule has 0 aromatic heterocycles. The lowest BCUT2D eigenvalue weighted by Gasteiger charge is -2.14. The van der Waals surface area contributed by atoms with Gasteiger partial charge in [-0.15, -0.1) is 0 Å². The van der Waals surface area contributed by atoms with Gasteiger partial charge in [-0.25, -0.2) is 4.79 Å². The van der Waals surface area contributed by atoms with Crippen molar-refractivity contribution in [1.29, 1.82) is 0 Å². The Labute approximate surface area is 139 Å². The van der Waals surface area contributed by atoms with Gasteiger partial charge < -0.3 is 29.8 Å². The number of aliphatic hydroxyl groups is 1. The zero-order chi connectivity index (χ0) is 17.7. The highest BCUT2D eigenvalue weighted by Crippen LogP contribution is 2.40. The lowest BCUT2D eigenvalue weighted by molar-refractivity contribution is 0.0734. The molecule has 128 valence electrons. The molecule has 0 aliphatic carbocycles. The zero-order valence-electron chi connectivity index (χ0n) is 13.7. The van der Waals surface area contributed by atoms with Gasteiger partial charge in [0.05, 0.1) is 33.5 Å². The van der Waals surface area contributed by atoms with E-state index in [2.05, 4.69) is 0 Å². The SMILES string of the molecule is COc1cc(OC(=O)c2ccc(CO)c(N)c2)cc(OC)c1OC. The second kappa shape index (κ2) is 7.56. The lowest BCUT2D eigenvalue weighted by atomic mass is 10.1. The van der Waals surface area contributed by atoms with Crippen molar-refractivity contribution in [3.63, 3.8) is 0 Å². The second-order valence-corrected chi connectivity index (χ2v) is 4.82. The minimum absolute atomic E-state index is 0.200. The number of anilines is 1. The molecule has 7 nitrogen and oxygen atoms in total. The van der Waals surface area contributed by atoms with Crippen LogP contribution in [-0.4, -0.2) is 32.4 Å². The van der Waals surface area contributed by atoms with E-state index in [0.717, 1.165) is 0 Å². The van der Waals surface area contributed by atoms with Crippen molar-refractivity contribution in [2.24, 2.45) is 0 Å². The molecule has 0 spiro atoms. The number of carbonyl (C=O) groups is 1. The van der Waals surface area contributed by atoms with E-state index in [4.69, 9.17) is 29.8 Å². The number of hydrogen-bond donors (Lipinski definition) is 2. The summed E-state index contributed by atoms with van der Waals surface area (Å²) in [7, 11) is 4.42. The van der Waals surface area contributed by atoms with Gasteiger partial charge in [0, 0.05) is 23.4 Å². The first-order valence-corrected chi connectivity index (χ1v) is 7.05. The third-order valence-electron chi connectivity index (χ3n) is 3.40. The summed E-state index contributed by atoms with van der Waals surface area (Å²) in [5.74, 6) is 0.778. The van der Waals surface area contributed by atoms with Crippen molar-refractivity contribution in [1.82, 2.24) is 0 Å². The number of nitrogen functional groups attached to an aromatic ring is 1. The highest BCUT2D eigenvalue weighted by Gasteiger charge is 2.17. The van der Waals surface area contributed by atoms with Gasteiger partial charge in [-0.2, -0.15) is 0 Å². The van der Waals surface area contributed by atoms with Crippen LogP contribution in [0.5, 0.6) is 23.0 Å². The van der Waals surface area contributed by atoms with Gasteiger partial charge in [-0.05, 0) is 12.1 Å². The molecule has 0 unspecified atom stereocenters. The molecule has 2 aromatic rings. The monoisotopic (exact) mass is 333 g/mol. The molecule has 0 amide bonds. The lowest BCUT2D eigenvalue weighted by Crippen LogP contribution is -2.10. The summed E-state index contributed by atoms with van der Waals surface area (Å²) in [5, 5.41) is 9.11. The topological polar surface area (TPSA) is 100 Å². The maximum atomic E-state index is 12.3. The summed E-state index contributed by atoms with van der Waals surface area (Å²) in [6, 6.07) is 7.59. The van der Waals surface area contributed by atoms with Crippen molar-refractivity contribution in [2.75, 3.05) is 27.1 Å². The van der Waals surface area contributed by atoms with Crippen LogP contribution in [-0.2, 0) is 6.61 Å². The van der Waals surface area contributed by atoms with Crippen LogP contribution in [0, 0.1) is 0 Å². The molecule has 2 rings (SSSR count). The standard InChI is InChI=1S/C17H19NO6/c1-21-14-7-12(8-15(22-2)16(14)23-3)24-17(20)10-4-5-11(9-19)13(18)6-10/h4-8,19H,9,18H2,1-3H3. The molecule has 0 radical (unpaired) electrons. The first-order valence-electron chi connectivity index (χ1n) is 7.05. The minimum atomic E-state index is -0.597. The van der Waals surface area contributed by atoms with E-state index in [9.17, 15) is 4.79 Å². The van der Waals surface area contributed by atoms with Crippen LogP contribution in [0.25, 0.3) is 0 Å². The molecule has 0 saturated carbocycles. The Bertz CT molecular complexity index is 719. The number of aliphatic hydroxyl groups excluding tert-OH is 1. The molecule has 0 fully saturated rings. The number of benzene rings is 2. The number of ether oxygens (including phenoxy) is 4. The number of hydrogen-bond acceptors (Lipinski definition) is 7. The maximum absolute atomic E-state index is 12.3. The number of rotatable bonds is 6. The molecule has 0 saturated heterocycles. The van der Waals surface area contributed by atoms with Gasteiger partial charge in [0.1, 0.15) is 5.75 Å². The van der Waals surface area contributed by atoms with Gasteiger partial charge in [-0.3, -0.25) is 0 Å². The average molecular weight is 333 g/mol. The fourth-order valence-corrected chi connectivity index (χ4v) is 2.15. The largest absolute Gasteiger partial charge is 0.493 e. The summed E-state index contributed by atoms with van der Waals surface area (Å²) < 4.78 is 21.0. The molecular weight excluding hydrogens is 314 g/mol. The zero-order valence-corrected chi connectivity index (χ0v) is 13.7. The predicted octanol–water partition coefficient (Wildman–Crippen LogP) is 2.01. The van der Waals surface area contributed by atoms with Crippen LogP contribution in [0.4, 0.5) is 5.69 Å². The summed E-state index contributed by atoms with van der Waals surface area (Å²) >= 11 is 0. The van der Waals surface area contributed by atoms with Gasteiger partial charge in [0.15, 0.2) is 11.5 Å². The fourth-order valence-electron chi connectivity index (χ4n) is 2.15. The van der Waals surface area contributed by atoms with Gasteiger partial charge in [0.2, 0.25) is 5.75 Å². The van der Waals surface area contributed by atoms with Crippen molar-refractivity contribution in [3.8, 4) is 23.0 Å². The smallest absolute Gasteiger partial charge is 0.343 e. The number of nitrogens with two attached hydrogens (primary N) is 1. The normalized spacial score (nSPS) is 10.2. The molecule has 0 aliphatic heterocycles. The van der Waals surface area contributed by atoms with E-state index in [1.54, 1.807) is 6.07 Å². The Morgan fingerprint density at radius 3 is 2.12 bits per heavy atom. The number of methoxy groups -OCH3 is 3. The molecule has 7 heteroatoms. The minimum Gasteiger partial charge on any atom is -0.493 e. The van der Waals surface area contributed by atoms with E-state index < -0.39 is 5.97 Å². The van der Waals surface area contributed by atoms with Crippen LogP contribution in [0.2, 0.25) is 0 Å². The predicted molar refractivity (Wildman–Crippen MR) is 87.8 cm³/mol. The summed E-state index contributed by atoms with van der Waals surface area (Å²) in [6.45, 7) is -0.200. The van der Waals surface area contributed by atoms with Crippen LogP contribution >= 0.6 is 0 Å². The summed E-state index contributed by atoms with van der Waals surface area (Å²) in [6.07, 6.45) is 0. The average Bonchev–Trinajstić information content (AvgIpc) is 2.60. The van der Waals surface area contributed by atoms with Crippen LogP contribution < -0.4 is 24.7 Å². The Kier molecular flexibility index (Phi) is 5.49. The number of esters is 1. The first kappa shape index (κ1) is 17.4. The van der Waals surface area contributed by atoms with Crippen molar-refractivity contribution in [2.45, 2.75) is 6.61 Å². The van der Waals surface area contributed by atoms with Crippen molar-refractivity contribution >= 4 is 11.7 Å². The Morgan fingerprint density at radius 2 is 1.67 bits per heavy atom. The number of carbonyl (C=O) groups excluding carboxylic acids is 1. The van der Waals surface area contributed by atoms with Gasteiger partial charge in [-0.1, -0.05) is 6.07 Å².